The molecule has 5 nitrogen and oxygen atoms in total. The van der Waals surface area contributed by atoms with Crippen LogP contribution in [0.15, 0.2) is 115 Å². The molecule has 5 aromatic rings. The van der Waals surface area contributed by atoms with Gasteiger partial charge in [0.25, 0.3) is 0 Å². The number of benzene rings is 5. The number of anilines is 3. The second-order valence-corrected chi connectivity index (χ2v) is 8.57. The van der Waals surface area contributed by atoms with Crippen LogP contribution in [0.4, 0.5) is 17.1 Å². The van der Waals surface area contributed by atoms with Gasteiger partial charge in [0.1, 0.15) is 12.6 Å². The summed E-state index contributed by atoms with van der Waals surface area (Å²) in [6, 6.07) is 36.8. The molecule has 0 fully saturated rings. The molecule has 5 aromatic carbocycles. The largest absolute Gasteiger partial charge is 0.399 e. The topological polar surface area (TPSA) is 112 Å². The van der Waals surface area contributed by atoms with Crippen molar-refractivity contribution in [1.82, 2.24) is 0 Å². The van der Waals surface area contributed by atoms with Crippen LogP contribution in [0.1, 0.15) is 20.7 Å². The fourth-order valence-corrected chi connectivity index (χ4v) is 3.81. The lowest BCUT2D eigenvalue weighted by Gasteiger charge is -2.12. The number of nitrogen functional groups attached to an aromatic ring is 3. The zero-order valence-electron chi connectivity index (χ0n) is 20.2. The lowest BCUT2D eigenvalue weighted by atomic mass is 9.93. The third kappa shape index (κ3) is 6.50. The molecule has 5 heteroatoms. The van der Waals surface area contributed by atoms with Crippen LogP contribution in [0.3, 0.4) is 0 Å². The number of aldehydes is 2. The highest BCUT2D eigenvalue weighted by Gasteiger charge is 2.08. The molecule has 0 bridgehead atoms. The van der Waals surface area contributed by atoms with Crippen LogP contribution in [-0.4, -0.2) is 12.6 Å². The third-order valence-electron chi connectivity index (χ3n) is 5.87. The highest BCUT2D eigenvalue weighted by Crippen LogP contribution is 2.33. The van der Waals surface area contributed by atoms with E-state index in [0.717, 1.165) is 63.0 Å². The summed E-state index contributed by atoms with van der Waals surface area (Å²) >= 11 is 0. The lowest BCUT2D eigenvalue weighted by Crippen LogP contribution is -1.89. The molecule has 0 aromatic heterocycles. The molecule has 182 valence electrons. The van der Waals surface area contributed by atoms with Gasteiger partial charge in [0, 0.05) is 28.2 Å². The normalized spacial score (nSPS) is 10.2. The Hall–Kier alpha value is -5.16. The molecule has 0 spiro atoms. The van der Waals surface area contributed by atoms with Gasteiger partial charge in [0.05, 0.1) is 0 Å². The van der Waals surface area contributed by atoms with Gasteiger partial charge in [-0.1, -0.05) is 60.7 Å². The van der Waals surface area contributed by atoms with E-state index in [1.165, 1.54) is 0 Å². The summed E-state index contributed by atoms with van der Waals surface area (Å²) in [5, 5.41) is 0. The number of nitrogens with two attached hydrogens (primary N) is 3. The minimum Gasteiger partial charge on any atom is -0.399 e. The molecule has 0 aliphatic heterocycles. The average molecular weight is 486 g/mol. The van der Waals surface area contributed by atoms with Crippen LogP contribution >= 0.6 is 0 Å². The summed E-state index contributed by atoms with van der Waals surface area (Å²) in [5.41, 5.74) is 27.8. The minimum atomic E-state index is 0.589. The first-order valence-electron chi connectivity index (χ1n) is 11.7. The van der Waals surface area contributed by atoms with E-state index in [4.69, 9.17) is 17.2 Å². The number of hydrogen-bond acceptors (Lipinski definition) is 5. The maximum atomic E-state index is 10.1. The second-order valence-electron chi connectivity index (χ2n) is 8.57. The Labute approximate surface area is 216 Å². The van der Waals surface area contributed by atoms with E-state index in [2.05, 4.69) is 18.2 Å². The molecule has 0 saturated heterocycles. The van der Waals surface area contributed by atoms with Crippen LogP contribution in [0.25, 0.3) is 33.4 Å². The first-order valence-corrected chi connectivity index (χ1v) is 11.7. The van der Waals surface area contributed by atoms with Gasteiger partial charge in [-0.15, -0.1) is 0 Å². The van der Waals surface area contributed by atoms with Crippen molar-refractivity contribution in [3.63, 3.8) is 0 Å². The van der Waals surface area contributed by atoms with E-state index < -0.39 is 0 Å². The van der Waals surface area contributed by atoms with E-state index in [0.29, 0.717) is 11.1 Å². The molecular formula is C32H27N3O2. The van der Waals surface area contributed by atoms with Gasteiger partial charge in [0.2, 0.25) is 0 Å². The van der Waals surface area contributed by atoms with Crippen LogP contribution in [0.5, 0.6) is 0 Å². The molecule has 5 rings (SSSR count). The first-order chi connectivity index (χ1) is 17.9. The molecule has 0 amide bonds. The fraction of sp³-hybridized carbons (Fsp3) is 0. The molecule has 0 unspecified atom stereocenters. The number of carbonyl (C=O) groups excluding carboxylic acids is 2. The Kier molecular flexibility index (Phi) is 7.76. The molecule has 0 saturated carbocycles. The average Bonchev–Trinajstić information content (AvgIpc) is 2.94. The molecule has 0 aliphatic rings. The van der Waals surface area contributed by atoms with E-state index in [9.17, 15) is 9.59 Å². The molecule has 0 heterocycles. The summed E-state index contributed by atoms with van der Waals surface area (Å²) in [4.78, 5) is 20.2. The highest BCUT2D eigenvalue weighted by atomic mass is 16.1. The Balaban J connectivity index is 0.000000270. The lowest BCUT2D eigenvalue weighted by molar-refractivity contribution is 0.111. The zero-order valence-corrected chi connectivity index (χ0v) is 20.2. The fourth-order valence-electron chi connectivity index (χ4n) is 3.81. The van der Waals surface area contributed by atoms with Gasteiger partial charge in [-0.3, -0.25) is 9.59 Å². The van der Waals surface area contributed by atoms with Crippen LogP contribution in [0.2, 0.25) is 0 Å². The number of rotatable bonds is 5. The van der Waals surface area contributed by atoms with Crippen LogP contribution in [-0.2, 0) is 0 Å². The summed E-state index contributed by atoms with van der Waals surface area (Å²) in [6.07, 6.45) is 1.49. The molecule has 0 aliphatic carbocycles. The Morgan fingerprint density at radius 2 is 0.595 bits per heavy atom. The molecule has 0 radical (unpaired) electrons. The van der Waals surface area contributed by atoms with Gasteiger partial charge >= 0.3 is 0 Å². The van der Waals surface area contributed by atoms with E-state index in [-0.39, 0.29) is 0 Å². The zero-order chi connectivity index (χ0) is 26.2. The predicted molar refractivity (Wildman–Crippen MR) is 153 cm³/mol. The van der Waals surface area contributed by atoms with Gasteiger partial charge in [-0.2, -0.15) is 0 Å². The summed E-state index contributed by atoms with van der Waals surface area (Å²) < 4.78 is 0. The third-order valence-corrected chi connectivity index (χ3v) is 5.87. The van der Waals surface area contributed by atoms with Gasteiger partial charge < -0.3 is 17.2 Å². The predicted octanol–water partition coefficient (Wildman–Crippen LogP) is 6.75. The maximum Gasteiger partial charge on any atom is 0.150 e. The van der Waals surface area contributed by atoms with Crippen LogP contribution in [0, 0.1) is 0 Å². The van der Waals surface area contributed by atoms with Crippen molar-refractivity contribution in [2.24, 2.45) is 0 Å². The monoisotopic (exact) mass is 485 g/mol. The molecule has 0 atom stereocenters. The van der Waals surface area contributed by atoms with E-state index in [1.54, 1.807) is 24.3 Å². The van der Waals surface area contributed by atoms with Crippen molar-refractivity contribution in [3.8, 4) is 33.4 Å². The van der Waals surface area contributed by atoms with Crippen molar-refractivity contribution in [2.45, 2.75) is 0 Å². The summed E-state index contributed by atoms with van der Waals surface area (Å²) in [6.45, 7) is 0. The Morgan fingerprint density at radius 1 is 0.351 bits per heavy atom. The number of hydrogen-bond donors (Lipinski definition) is 3. The van der Waals surface area contributed by atoms with E-state index >= 15 is 0 Å². The molecular weight excluding hydrogens is 458 g/mol. The molecule has 6 N–H and O–H groups in total. The quantitative estimate of drug-likeness (QED) is 0.188. The van der Waals surface area contributed by atoms with Crippen molar-refractivity contribution in [3.05, 3.63) is 126 Å². The van der Waals surface area contributed by atoms with Crippen molar-refractivity contribution in [2.75, 3.05) is 17.2 Å². The summed E-state index contributed by atoms with van der Waals surface area (Å²) in [7, 11) is 0. The first kappa shape index (κ1) is 24.9. The molecule has 37 heavy (non-hydrogen) atoms. The Morgan fingerprint density at radius 3 is 0.811 bits per heavy atom. The van der Waals surface area contributed by atoms with Gasteiger partial charge in [0.15, 0.2) is 0 Å². The SMILES string of the molecule is Nc1ccc(-c2cc(-c3ccc(N)cc3)cc(-c3ccc(N)cc3)c2)cc1.O=Cc1ccc(C=O)cc1. The number of carbonyl (C=O) groups is 2. The summed E-state index contributed by atoms with van der Waals surface area (Å²) in [5.74, 6) is 0. The maximum absolute atomic E-state index is 10.1. The van der Waals surface area contributed by atoms with Crippen molar-refractivity contribution in [1.29, 1.82) is 0 Å². The highest BCUT2D eigenvalue weighted by molar-refractivity contribution is 5.82. The van der Waals surface area contributed by atoms with Crippen molar-refractivity contribution >= 4 is 29.6 Å². The van der Waals surface area contributed by atoms with E-state index in [1.807, 2.05) is 72.8 Å². The second kappa shape index (κ2) is 11.5. The van der Waals surface area contributed by atoms with Crippen molar-refractivity contribution < 1.29 is 9.59 Å². The smallest absolute Gasteiger partial charge is 0.150 e. The minimum absolute atomic E-state index is 0.589. The van der Waals surface area contributed by atoms with Gasteiger partial charge in [-0.25, -0.2) is 0 Å². The standard InChI is InChI=1S/C24H21N3.C8H6O2/c25-22-7-1-16(2-8-22)19-13-20(17-3-9-23(26)10-4-17)15-21(14-19)18-5-11-24(27)12-6-18;9-5-7-1-2-8(6-10)4-3-7/h1-15H,25-27H2;1-6H. The van der Waals surface area contributed by atoms with Crippen LogP contribution < -0.4 is 17.2 Å². The van der Waals surface area contributed by atoms with Gasteiger partial charge in [-0.05, 0) is 88.0 Å². The Bertz CT molecular complexity index is 1310.